The van der Waals surface area contributed by atoms with Gasteiger partial charge >= 0.3 is 5.97 Å². The van der Waals surface area contributed by atoms with E-state index in [0.29, 0.717) is 18.8 Å². The third-order valence-electron chi connectivity index (χ3n) is 3.13. The van der Waals surface area contributed by atoms with Gasteiger partial charge in [0.2, 0.25) is 0 Å². The molecule has 0 aromatic heterocycles. The normalized spacial score (nSPS) is 12.0. The number of methoxy groups -OCH3 is 1. The molecule has 23 heavy (non-hydrogen) atoms. The number of rotatable bonds is 10. The Morgan fingerprint density at radius 2 is 2.09 bits per heavy atom. The van der Waals surface area contributed by atoms with Crippen LogP contribution < -0.4 is 5.32 Å². The van der Waals surface area contributed by atoms with Crippen LogP contribution in [0, 0.1) is 11.7 Å². The smallest absolute Gasteiger partial charge is 0.303 e. The predicted octanol–water partition coefficient (Wildman–Crippen LogP) is 1.83. The van der Waals surface area contributed by atoms with E-state index in [1.807, 2.05) is 0 Å². The topological polar surface area (TPSA) is 84.9 Å². The van der Waals surface area contributed by atoms with Gasteiger partial charge in [0.05, 0.1) is 19.8 Å². The van der Waals surface area contributed by atoms with Gasteiger partial charge in [-0.15, -0.1) is 0 Å². The molecule has 2 N–H and O–H groups in total. The van der Waals surface area contributed by atoms with Crippen LogP contribution >= 0.6 is 0 Å². The van der Waals surface area contributed by atoms with Crippen molar-refractivity contribution in [2.24, 2.45) is 5.92 Å². The molecule has 0 aliphatic heterocycles. The molecule has 0 radical (unpaired) electrons. The summed E-state index contributed by atoms with van der Waals surface area (Å²) in [6, 6.07) is 4.02. The number of ether oxygens (including phenoxy) is 2. The number of aliphatic carboxylic acids is 1. The van der Waals surface area contributed by atoms with Crippen LogP contribution in [0.5, 0.6) is 0 Å². The van der Waals surface area contributed by atoms with Crippen LogP contribution in [0.15, 0.2) is 18.2 Å². The quantitative estimate of drug-likeness (QED) is 0.641. The fraction of sp³-hybridized carbons (Fsp3) is 0.500. The Bertz CT molecular complexity index is 535. The van der Waals surface area contributed by atoms with Crippen molar-refractivity contribution in [1.82, 2.24) is 5.32 Å². The molecule has 1 amide bonds. The Balaban J connectivity index is 2.58. The minimum Gasteiger partial charge on any atom is -0.481 e. The number of carboxylic acid groups (broad SMARTS) is 1. The average Bonchev–Trinajstić information content (AvgIpc) is 2.50. The van der Waals surface area contributed by atoms with E-state index < -0.39 is 11.8 Å². The lowest BCUT2D eigenvalue weighted by molar-refractivity contribution is -0.137. The molecule has 1 aromatic rings. The number of halogens is 1. The van der Waals surface area contributed by atoms with Crippen LogP contribution in [0.25, 0.3) is 0 Å². The van der Waals surface area contributed by atoms with E-state index in [2.05, 4.69) is 5.32 Å². The number of hydrogen-bond acceptors (Lipinski definition) is 4. The van der Waals surface area contributed by atoms with E-state index in [1.54, 1.807) is 14.0 Å². The summed E-state index contributed by atoms with van der Waals surface area (Å²) in [6.45, 7) is 2.75. The van der Waals surface area contributed by atoms with E-state index in [0.717, 1.165) is 0 Å². The van der Waals surface area contributed by atoms with Crippen molar-refractivity contribution in [1.29, 1.82) is 0 Å². The minimum absolute atomic E-state index is 0.0255. The van der Waals surface area contributed by atoms with Gasteiger partial charge in [0.1, 0.15) is 5.82 Å². The molecule has 0 heterocycles. The van der Waals surface area contributed by atoms with Crippen molar-refractivity contribution < 1.29 is 28.6 Å². The van der Waals surface area contributed by atoms with Gasteiger partial charge in [-0.2, -0.15) is 0 Å². The highest BCUT2D eigenvalue weighted by molar-refractivity contribution is 5.94. The van der Waals surface area contributed by atoms with Crippen molar-refractivity contribution in [3.8, 4) is 0 Å². The minimum atomic E-state index is -0.913. The van der Waals surface area contributed by atoms with Crippen LogP contribution in [0.1, 0.15) is 29.3 Å². The van der Waals surface area contributed by atoms with E-state index in [9.17, 15) is 14.0 Å². The van der Waals surface area contributed by atoms with Crippen LogP contribution in [0.3, 0.4) is 0 Å². The third-order valence-corrected chi connectivity index (χ3v) is 3.13. The summed E-state index contributed by atoms with van der Waals surface area (Å²) < 4.78 is 23.8. The molecule has 1 atom stereocenters. The maximum atomic E-state index is 13.7. The summed E-state index contributed by atoms with van der Waals surface area (Å²) >= 11 is 0. The number of carboxylic acids is 1. The summed E-state index contributed by atoms with van der Waals surface area (Å²) in [5.41, 5.74) is 0.589. The van der Waals surface area contributed by atoms with E-state index in [-0.39, 0.29) is 37.0 Å². The standard InChI is InChI=1S/C16H22FNO5/c1-11(7-15(19)20)9-18-16(21)12-3-4-14(17)13(8-12)10-23-6-5-22-2/h3-4,8,11H,5-7,9-10H2,1-2H3,(H,18,21)(H,19,20). The lowest BCUT2D eigenvalue weighted by Gasteiger charge is -2.11. The lowest BCUT2D eigenvalue weighted by Crippen LogP contribution is -2.29. The van der Waals surface area contributed by atoms with Gasteiger partial charge in [-0.3, -0.25) is 9.59 Å². The van der Waals surface area contributed by atoms with Crippen LogP contribution in [0.4, 0.5) is 4.39 Å². The fourth-order valence-corrected chi connectivity index (χ4v) is 1.89. The monoisotopic (exact) mass is 327 g/mol. The number of carbonyl (C=O) groups excluding carboxylic acids is 1. The first-order valence-electron chi connectivity index (χ1n) is 7.29. The number of nitrogens with one attached hydrogen (secondary N) is 1. The van der Waals surface area contributed by atoms with Crippen molar-refractivity contribution in [3.05, 3.63) is 35.1 Å². The van der Waals surface area contributed by atoms with Crippen molar-refractivity contribution in [2.75, 3.05) is 26.9 Å². The molecule has 0 fully saturated rings. The summed E-state index contributed by atoms with van der Waals surface area (Å²) in [5.74, 6) is -1.92. The van der Waals surface area contributed by atoms with Crippen molar-refractivity contribution in [3.63, 3.8) is 0 Å². The average molecular weight is 327 g/mol. The number of amides is 1. The van der Waals surface area contributed by atoms with Gasteiger partial charge < -0.3 is 19.9 Å². The molecule has 128 valence electrons. The molecular formula is C16H22FNO5. The van der Waals surface area contributed by atoms with Crippen molar-refractivity contribution in [2.45, 2.75) is 20.0 Å². The summed E-state index contributed by atoms with van der Waals surface area (Å²) in [5, 5.41) is 11.3. The van der Waals surface area contributed by atoms with Gasteiger partial charge in [-0.05, 0) is 24.1 Å². The van der Waals surface area contributed by atoms with Gasteiger partial charge in [0.25, 0.3) is 5.91 Å². The zero-order valence-corrected chi connectivity index (χ0v) is 13.3. The zero-order valence-electron chi connectivity index (χ0n) is 13.3. The first-order valence-corrected chi connectivity index (χ1v) is 7.29. The second kappa shape index (κ2) is 9.91. The highest BCUT2D eigenvalue weighted by Crippen LogP contribution is 2.12. The lowest BCUT2D eigenvalue weighted by atomic mass is 10.1. The Labute approximate surface area is 134 Å². The van der Waals surface area contributed by atoms with Gasteiger partial charge in [0.15, 0.2) is 0 Å². The maximum absolute atomic E-state index is 13.7. The highest BCUT2D eigenvalue weighted by atomic mass is 19.1. The van der Waals surface area contributed by atoms with Gasteiger partial charge in [-0.1, -0.05) is 6.92 Å². The Morgan fingerprint density at radius 1 is 1.35 bits per heavy atom. The molecule has 0 aliphatic rings. The summed E-state index contributed by atoms with van der Waals surface area (Å²) in [6.07, 6.45) is -0.0255. The van der Waals surface area contributed by atoms with Crippen molar-refractivity contribution >= 4 is 11.9 Å². The molecular weight excluding hydrogens is 305 g/mol. The van der Waals surface area contributed by atoms with Crippen LogP contribution in [0.2, 0.25) is 0 Å². The molecule has 1 rings (SSSR count). The molecule has 1 aromatic carbocycles. The van der Waals surface area contributed by atoms with E-state index in [4.69, 9.17) is 14.6 Å². The summed E-state index contributed by atoms with van der Waals surface area (Å²) in [4.78, 5) is 22.6. The maximum Gasteiger partial charge on any atom is 0.303 e. The molecule has 0 spiro atoms. The predicted molar refractivity (Wildman–Crippen MR) is 81.7 cm³/mol. The first-order chi connectivity index (χ1) is 10.9. The first kappa shape index (κ1) is 19.1. The largest absolute Gasteiger partial charge is 0.481 e. The molecule has 1 unspecified atom stereocenters. The number of hydrogen-bond donors (Lipinski definition) is 2. The Kier molecular flexibility index (Phi) is 8.21. The molecule has 0 bridgehead atoms. The van der Waals surface area contributed by atoms with Gasteiger partial charge in [-0.25, -0.2) is 4.39 Å². The zero-order chi connectivity index (χ0) is 17.2. The molecule has 0 aliphatic carbocycles. The summed E-state index contributed by atoms with van der Waals surface area (Å²) in [7, 11) is 1.54. The second-order valence-corrected chi connectivity index (χ2v) is 5.26. The molecule has 6 nitrogen and oxygen atoms in total. The van der Waals surface area contributed by atoms with E-state index in [1.165, 1.54) is 18.2 Å². The third kappa shape index (κ3) is 7.21. The highest BCUT2D eigenvalue weighted by Gasteiger charge is 2.12. The van der Waals surface area contributed by atoms with Gasteiger partial charge in [0, 0.05) is 31.2 Å². The second-order valence-electron chi connectivity index (χ2n) is 5.26. The fourth-order valence-electron chi connectivity index (χ4n) is 1.89. The molecule has 7 heteroatoms. The Morgan fingerprint density at radius 3 is 2.74 bits per heavy atom. The molecule has 0 saturated heterocycles. The van der Waals surface area contributed by atoms with E-state index >= 15 is 0 Å². The van der Waals surface area contributed by atoms with Crippen LogP contribution in [-0.2, 0) is 20.9 Å². The molecule has 0 saturated carbocycles. The number of benzene rings is 1. The SMILES string of the molecule is COCCOCc1cc(C(=O)NCC(C)CC(=O)O)ccc1F. The number of carbonyl (C=O) groups is 2. The van der Waals surface area contributed by atoms with Crippen LogP contribution in [-0.4, -0.2) is 43.9 Å². The Hall–Kier alpha value is -1.99.